The molecule has 5 nitrogen and oxygen atoms in total. The lowest BCUT2D eigenvalue weighted by atomic mass is 9.80. The number of aromatic carboxylic acids is 1. The molecule has 1 heterocycles. The minimum atomic E-state index is -1.01. The molecular weight excluding hydrogens is 418 g/mol. The van der Waals surface area contributed by atoms with Gasteiger partial charge in [-0.3, -0.25) is 4.79 Å². The van der Waals surface area contributed by atoms with Crippen molar-refractivity contribution in [1.82, 2.24) is 4.98 Å². The number of thiazole rings is 1. The van der Waals surface area contributed by atoms with Crippen LogP contribution in [0, 0.1) is 17.8 Å². The summed E-state index contributed by atoms with van der Waals surface area (Å²) in [4.78, 5) is 27.4. The number of carboxylic acids is 1. The van der Waals surface area contributed by atoms with Gasteiger partial charge in [-0.1, -0.05) is 56.0 Å². The maximum atomic E-state index is 12.4. The third-order valence-electron chi connectivity index (χ3n) is 6.41. The summed E-state index contributed by atoms with van der Waals surface area (Å²) in [6.45, 7) is 1.94. The maximum absolute atomic E-state index is 12.4. The van der Waals surface area contributed by atoms with E-state index in [9.17, 15) is 14.7 Å². The lowest BCUT2D eigenvalue weighted by Gasteiger charge is -2.30. The summed E-state index contributed by atoms with van der Waals surface area (Å²) in [6, 6.07) is 0. The van der Waals surface area contributed by atoms with Crippen LogP contribution < -0.4 is 0 Å². The average Bonchev–Trinajstić information content (AvgIpc) is 3.30. The lowest BCUT2D eigenvalue weighted by molar-refractivity contribution is -0.121. The molecule has 3 rings (SSSR count). The number of thioether (sulfide) groups is 1. The molecule has 0 aliphatic heterocycles. The first-order chi connectivity index (χ1) is 14.3. The topological polar surface area (TPSA) is 87.5 Å². The molecule has 0 bridgehead atoms. The molecule has 30 heavy (non-hydrogen) atoms. The van der Waals surface area contributed by atoms with Crippen LogP contribution in [-0.2, 0) is 4.79 Å². The van der Waals surface area contributed by atoms with Gasteiger partial charge in [0.15, 0.2) is 10.0 Å². The van der Waals surface area contributed by atoms with Gasteiger partial charge in [-0.15, -0.1) is 11.3 Å². The van der Waals surface area contributed by atoms with E-state index in [1.165, 1.54) is 55.2 Å². The van der Waals surface area contributed by atoms with Crippen molar-refractivity contribution in [3.8, 4) is 0 Å². The number of hydrogen-bond donors (Lipinski definition) is 2. The second-order valence-corrected chi connectivity index (χ2v) is 11.3. The second kappa shape index (κ2) is 10.9. The van der Waals surface area contributed by atoms with Gasteiger partial charge in [0, 0.05) is 23.5 Å². The third-order valence-corrected chi connectivity index (χ3v) is 8.46. The van der Waals surface area contributed by atoms with Crippen LogP contribution in [0.4, 0.5) is 0 Å². The number of nitrogens with zero attached hydrogens (tertiary/aromatic N) is 1. The van der Waals surface area contributed by atoms with E-state index in [1.54, 1.807) is 5.38 Å². The van der Waals surface area contributed by atoms with Crippen molar-refractivity contribution in [3.63, 3.8) is 0 Å². The summed E-state index contributed by atoms with van der Waals surface area (Å²) in [5.74, 6) is 0.989. The molecule has 2 fully saturated rings. The number of carbonyl (C=O) groups excluding carboxylic acids is 1. The second-order valence-electron chi connectivity index (χ2n) is 9.05. The van der Waals surface area contributed by atoms with Crippen LogP contribution in [0.3, 0.4) is 0 Å². The lowest BCUT2D eigenvalue weighted by Crippen LogP contribution is -2.28. The fraction of sp³-hybridized carbons (Fsp3) is 0.696. The van der Waals surface area contributed by atoms with Crippen LogP contribution in [0.5, 0.6) is 0 Å². The molecule has 3 atom stereocenters. The molecule has 0 spiro atoms. The number of aliphatic hydroxyl groups is 1. The highest BCUT2D eigenvalue weighted by atomic mass is 32.2. The SMILES string of the molecule is C[C@](O)(C/C=C/[C@H]1CCC(=O)[C@@H]1CCSc1nc(C(=O)O)cs1)CC1CCCCC1. The molecule has 2 aliphatic carbocycles. The van der Waals surface area contributed by atoms with E-state index in [1.807, 2.05) is 6.92 Å². The van der Waals surface area contributed by atoms with Crippen LogP contribution in [0.15, 0.2) is 21.9 Å². The van der Waals surface area contributed by atoms with Crippen LogP contribution in [0.25, 0.3) is 0 Å². The molecule has 0 aromatic carbocycles. The first-order valence-electron chi connectivity index (χ1n) is 11.1. The Morgan fingerprint density at radius 1 is 1.33 bits per heavy atom. The number of rotatable bonds is 10. The predicted octanol–water partition coefficient (Wildman–Crippen LogP) is 5.59. The van der Waals surface area contributed by atoms with Gasteiger partial charge in [0.1, 0.15) is 5.78 Å². The van der Waals surface area contributed by atoms with Gasteiger partial charge in [0.2, 0.25) is 0 Å². The summed E-state index contributed by atoms with van der Waals surface area (Å²) in [5, 5.41) is 21.3. The van der Waals surface area contributed by atoms with Crippen LogP contribution in [0.1, 0.15) is 81.6 Å². The Morgan fingerprint density at radius 2 is 2.10 bits per heavy atom. The Kier molecular flexibility index (Phi) is 8.54. The van der Waals surface area contributed by atoms with Crippen molar-refractivity contribution < 1.29 is 19.8 Å². The molecular formula is C23H33NO4S2. The van der Waals surface area contributed by atoms with E-state index in [-0.39, 0.29) is 17.5 Å². The Hall–Kier alpha value is -1.18. The highest BCUT2D eigenvalue weighted by Crippen LogP contribution is 2.36. The van der Waals surface area contributed by atoms with Gasteiger partial charge < -0.3 is 10.2 Å². The molecule has 0 unspecified atom stereocenters. The van der Waals surface area contributed by atoms with Gasteiger partial charge in [0.25, 0.3) is 0 Å². The Labute approximate surface area is 187 Å². The zero-order valence-electron chi connectivity index (χ0n) is 17.7. The van der Waals surface area contributed by atoms with Crippen molar-refractivity contribution in [2.45, 2.75) is 81.1 Å². The quantitative estimate of drug-likeness (QED) is 0.356. The zero-order chi connectivity index (χ0) is 21.6. The smallest absolute Gasteiger partial charge is 0.355 e. The Bertz CT molecular complexity index is 752. The minimum absolute atomic E-state index is 0.0240. The highest BCUT2D eigenvalue weighted by Gasteiger charge is 2.33. The van der Waals surface area contributed by atoms with Crippen molar-refractivity contribution >= 4 is 34.9 Å². The third kappa shape index (κ3) is 6.92. The standard InChI is InChI=1S/C23H33NO4S2/c1-23(28,14-16-6-3-2-4-7-16)12-5-8-17-9-10-20(25)18(17)11-13-29-22-24-19(15-30-22)21(26)27/h5,8,15-18,28H,2-4,6-7,9-14H2,1H3,(H,26,27)/b8-5+/t17-,18+,23-/m0/s1. The van der Waals surface area contributed by atoms with Gasteiger partial charge >= 0.3 is 5.97 Å². The van der Waals surface area contributed by atoms with Gasteiger partial charge in [-0.25, -0.2) is 9.78 Å². The fourth-order valence-corrected chi connectivity index (χ4v) is 6.72. The zero-order valence-corrected chi connectivity index (χ0v) is 19.3. The fourth-order valence-electron chi connectivity index (χ4n) is 4.83. The first kappa shape index (κ1) is 23.5. The Balaban J connectivity index is 1.45. The minimum Gasteiger partial charge on any atom is -0.476 e. The van der Waals surface area contributed by atoms with E-state index in [0.717, 1.165) is 29.4 Å². The van der Waals surface area contributed by atoms with E-state index in [2.05, 4.69) is 17.1 Å². The molecule has 2 saturated carbocycles. The number of Topliss-reactive ketones (excluding diaryl/α,β-unsaturated/α-hetero) is 1. The van der Waals surface area contributed by atoms with Gasteiger partial charge in [-0.2, -0.15) is 0 Å². The normalized spacial score (nSPS) is 25.1. The number of ketones is 1. The van der Waals surface area contributed by atoms with Crippen molar-refractivity contribution in [3.05, 3.63) is 23.2 Å². The number of carbonyl (C=O) groups is 2. The molecule has 2 aliphatic rings. The average molecular weight is 452 g/mol. The molecule has 166 valence electrons. The molecule has 0 amide bonds. The summed E-state index contributed by atoms with van der Waals surface area (Å²) < 4.78 is 0.740. The summed E-state index contributed by atoms with van der Waals surface area (Å²) in [6.07, 6.45) is 14.4. The van der Waals surface area contributed by atoms with Crippen LogP contribution in [-0.4, -0.2) is 38.3 Å². The molecule has 1 aromatic rings. The Morgan fingerprint density at radius 3 is 2.80 bits per heavy atom. The van der Waals surface area contributed by atoms with E-state index in [4.69, 9.17) is 5.11 Å². The van der Waals surface area contributed by atoms with Crippen molar-refractivity contribution in [2.75, 3.05) is 5.75 Å². The van der Waals surface area contributed by atoms with E-state index >= 15 is 0 Å². The highest BCUT2D eigenvalue weighted by molar-refractivity contribution is 8.01. The van der Waals surface area contributed by atoms with E-state index < -0.39 is 11.6 Å². The van der Waals surface area contributed by atoms with Crippen LogP contribution in [0.2, 0.25) is 0 Å². The summed E-state index contributed by atoms with van der Waals surface area (Å²) in [7, 11) is 0. The van der Waals surface area contributed by atoms with E-state index in [0.29, 0.717) is 24.5 Å². The first-order valence-corrected chi connectivity index (χ1v) is 12.9. The largest absolute Gasteiger partial charge is 0.476 e. The number of hydrogen-bond acceptors (Lipinski definition) is 6. The van der Waals surface area contributed by atoms with Crippen LogP contribution >= 0.6 is 23.1 Å². The molecule has 0 radical (unpaired) electrons. The van der Waals surface area contributed by atoms with Crippen molar-refractivity contribution in [1.29, 1.82) is 0 Å². The molecule has 2 N–H and O–H groups in total. The van der Waals surface area contributed by atoms with Gasteiger partial charge in [0.05, 0.1) is 5.60 Å². The maximum Gasteiger partial charge on any atom is 0.355 e. The van der Waals surface area contributed by atoms with Gasteiger partial charge in [-0.05, 0) is 44.4 Å². The van der Waals surface area contributed by atoms with Crippen molar-refractivity contribution in [2.24, 2.45) is 17.8 Å². The molecule has 1 aromatic heterocycles. The summed E-state index contributed by atoms with van der Waals surface area (Å²) >= 11 is 2.86. The predicted molar refractivity (Wildman–Crippen MR) is 121 cm³/mol. The monoisotopic (exact) mass is 451 g/mol. The number of aromatic nitrogens is 1. The number of carboxylic acid groups (broad SMARTS) is 1. The molecule has 7 heteroatoms. The molecule has 0 saturated heterocycles. The number of allylic oxidation sites excluding steroid dienone is 1. The summed E-state index contributed by atoms with van der Waals surface area (Å²) in [5.41, 5.74) is -0.584.